The van der Waals surface area contributed by atoms with Crippen molar-refractivity contribution < 1.29 is 13.7 Å². The van der Waals surface area contributed by atoms with Crippen molar-refractivity contribution >= 4 is 27.0 Å². The quantitative estimate of drug-likeness (QED) is 0.874. The maximum absolute atomic E-state index is 12.4. The average Bonchev–Trinajstić information content (AvgIpc) is 2.93. The molecule has 1 atom stereocenters. The van der Waals surface area contributed by atoms with E-state index in [1.54, 1.807) is 42.8 Å². The van der Waals surface area contributed by atoms with E-state index in [0.29, 0.717) is 16.2 Å². The van der Waals surface area contributed by atoms with Crippen molar-refractivity contribution in [1.82, 2.24) is 0 Å². The minimum absolute atomic E-state index is 0.394. The van der Waals surface area contributed by atoms with Crippen LogP contribution in [0.2, 0.25) is 0 Å². The molecule has 0 bridgehead atoms. The molecule has 1 heterocycles. The minimum Gasteiger partial charge on any atom is -0.497 e. The Bertz CT molecular complexity index is 681. The van der Waals surface area contributed by atoms with Gasteiger partial charge in [-0.1, -0.05) is 0 Å². The van der Waals surface area contributed by atoms with Crippen molar-refractivity contribution in [2.45, 2.75) is 4.90 Å². The molecule has 0 fully saturated rings. The first-order valence-electron chi connectivity index (χ1n) is 5.46. The van der Waals surface area contributed by atoms with Crippen LogP contribution < -0.4 is 4.74 Å². The molecule has 2 rings (SSSR count). The number of nitrogens with zero attached hydrogens (tertiary/aromatic N) is 1. The Balaban J connectivity index is 2.32. The van der Waals surface area contributed by atoms with Gasteiger partial charge in [-0.2, -0.15) is 15.7 Å². The molecule has 4 nitrogen and oxygen atoms in total. The molecule has 0 aliphatic carbocycles. The Morgan fingerprint density at radius 2 is 1.95 bits per heavy atom. The molecule has 0 N–H and O–H groups in total. The molecule has 0 unspecified atom stereocenters. The third kappa shape index (κ3) is 3.21. The predicted octanol–water partition coefficient (Wildman–Crippen LogP) is 3.05. The molecule has 6 heteroatoms. The second-order valence-corrected chi connectivity index (χ2v) is 6.93. The van der Waals surface area contributed by atoms with Crippen molar-refractivity contribution in [3.8, 4) is 5.75 Å². The number of carbonyl (C=O) groups is 1. The second-order valence-electron chi connectivity index (χ2n) is 3.89. The Kier molecular flexibility index (Phi) is 4.01. The highest BCUT2D eigenvalue weighted by molar-refractivity contribution is 7.93. The van der Waals surface area contributed by atoms with E-state index in [4.69, 9.17) is 4.74 Å². The van der Waals surface area contributed by atoms with Crippen LogP contribution in [0.5, 0.6) is 5.75 Å². The molecule has 0 radical (unpaired) electrons. The summed E-state index contributed by atoms with van der Waals surface area (Å²) in [4.78, 5) is 12.6. The highest BCUT2D eigenvalue weighted by Crippen LogP contribution is 2.17. The molecule has 1 aromatic carbocycles. The zero-order valence-corrected chi connectivity index (χ0v) is 12.2. The second kappa shape index (κ2) is 5.54. The number of carbonyl (C=O) groups excluding carboxylic acids is 1. The Morgan fingerprint density at radius 1 is 1.26 bits per heavy atom. The average molecular weight is 295 g/mol. The van der Waals surface area contributed by atoms with E-state index in [2.05, 4.69) is 4.36 Å². The first-order chi connectivity index (χ1) is 9.03. The molecule has 19 heavy (non-hydrogen) atoms. The number of thiophene rings is 1. The SMILES string of the molecule is COc1ccc(C(=O)N=[S@@](C)(=O)c2ccsc2)cc1. The number of methoxy groups -OCH3 is 1. The van der Waals surface area contributed by atoms with Crippen LogP contribution in [0.3, 0.4) is 0 Å². The van der Waals surface area contributed by atoms with Crippen molar-refractivity contribution in [1.29, 1.82) is 0 Å². The molecular weight excluding hydrogens is 282 g/mol. The summed E-state index contributed by atoms with van der Waals surface area (Å²) in [5.41, 5.74) is 0.394. The lowest BCUT2D eigenvalue weighted by molar-refractivity contribution is 0.100. The summed E-state index contributed by atoms with van der Waals surface area (Å²) >= 11 is 1.43. The van der Waals surface area contributed by atoms with Crippen LogP contribution in [0.4, 0.5) is 0 Å². The van der Waals surface area contributed by atoms with Gasteiger partial charge in [0, 0.05) is 17.2 Å². The molecule has 0 saturated carbocycles. The fourth-order valence-corrected chi connectivity index (χ4v) is 3.80. The van der Waals surface area contributed by atoms with Crippen LogP contribution in [0.15, 0.2) is 50.4 Å². The first-order valence-corrected chi connectivity index (χ1v) is 8.32. The fourth-order valence-electron chi connectivity index (χ4n) is 1.46. The third-order valence-corrected chi connectivity index (χ3v) is 5.00. The van der Waals surface area contributed by atoms with Gasteiger partial charge in [0.05, 0.1) is 21.7 Å². The highest BCUT2D eigenvalue weighted by atomic mass is 32.2. The molecule has 100 valence electrons. The van der Waals surface area contributed by atoms with Crippen molar-refractivity contribution in [3.63, 3.8) is 0 Å². The van der Waals surface area contributed by atoms with E-state index in [1.165, 1.54) is 17.6 Å². The number of amides is 1. The van der Waals surface area contributed by atoms with Gasteiger partial charge in [-0.05, 0) is 35.7 Å². The third-order valence-electron chi connectivity index (χ3n) is 2.53. The maximum atomic E-state index is 12.4. The molecule has 0 spiro atoms. The van der Waals surface area contributed by atoms with Crippen molar-refractivity contribution in [2.75, 3.05) is 13.4 Å². The van der Waals surface area contributed by atoms with Gasteiger partial charge in [0.15, 0.2) is 0 Å². The predicted molar refractivity (Wildman–Crippen MR) is 76.4 cm³/mol. The lowest BCUT2D eigenvalue weighted by atomic mass is 10.2. The van der Waals surface area contributed by atoms with E-state index in [0.717, 1.165) is 0 Å². The lowest BCUT2D eigenvalue weighted by Gasteiger charge is -2.02. The number of hydrogen-bond donors (Lipinski definition) is 0. The molecule has 0 aliphatic heterocycles. The lowest BCUT2D eigenvalue weighted by Crippen LogP contribution is -2.03. The van der Waals surface area contributed by atoms with Crippen LogP contribution >= 0.6 is 11.3 Å². The fraction of sp³-hybridized carbons (Fsp3) is 0.154. The summed E-state index contributed by atoms with van der Waals surface area (Å²) in [5.74, 6) is 0.174. The van der Waals surface area contributed by atoms with E-state index in [1.807, 2.05) is 5.38 Å². The van der Waals surface area contributed by atoms with Crippen molar-refractivity contribution in [2.24, 2.45) is 4.36 Å². The normalized spacial score (nSPS) is 13.6. The smallest absolute Gasteiger partial charge is 0.285 e. The van der Waals surface area contributed by atoms with Crippen LogP contribution in [0, 0.1) is 0 Å². The Hall–Kier alpha value is -1.66. The zero-order valence-electron chi connectivity index (χ0n) is 10.5. The van der Waals surface area contributed by atoms with Crippen LogP contribution in [0.1, 0.15) is 10.4 Å². The Labute approximate surface area is 116 Å². The molecule has 1 amide bonds. The van der Waals surface area contributed by atoms with Crippen LogP contribution in [0.25, 0.3) is 0 Å². The number of ether oxygens (including phenoxy) is 1. The van der Waals surface area contributed by atoms with Gasteiger partial charge < -0.3 is 4.74 Å². The first kappa shape index (κ1) is 13.8. The van der Waals surface area contributed by atoms with Gasteiger partial charge >= 0.3 is 0 Å². The summed E-state index contributed by atoms with van der Waals surface area (Å²) < 4.78 is 21.2. The van der Waals surface area contributed by atoms with E-state index >= 15 is 0 Å². The van der Waals surface area contributed by atoms with Gasteiger partial charge in [0.2, 0.25) is 0 Å². The number of benzene rings is 1. The maximum Gasteiger partial charge on any atom is 0.285 e. The van der Waals surface area contributed by atoms with Gasteiger partial charge in [-0.25, -0.2) is 4.21 Å². The monoisotopic (exact) mass is 295 g/mol. The van der Waals surface area contributed by atoms with Crippen LogP contribution in [-0.2, 0) is 9.73 Å². The molecular formula is C13H13NO3S2. The summed E-state index contributed by atoms with van der Waals surface area (Å²) in [6.07, 6.45) is 1.47. The number of hydrogen-bond acceptors (Lipinski definition) is 4. The van der Waals surface area contributed by atoms with E-state index in [-0.39, 0.29) is 0 Å². The van der Waals surface area contributed by atoms with E-state index < -0.39 is 15.6 Å². The van der Waals surface area contributed by atoms with Crippen LogP contribution in [-0.4, -0.2) is 23.5 Å². The highest BCUT2D eigenvalue weighted by Gasteiger charge is 2.11. The zero-order chi connectivity index (χ0) is 13.9. The number of rotatable bonds is 3. The largest absolute Gasteiger partial charge is 0.497 e. The summed E-state index contributed by atoms with van der Waals surface area (Å²) in [6.45, 7) is 0. The molecule has 0 aliphatic rings. The molecule has 1 aromatic heterocycles. The standard InChI is InChI=1S/C13H13NO3S2/c1-17-11-5-3-10(4-6-11)13(15)14-19(2,16)12-7-8-18-9-12/h3-9H,1-2H3/t19-/m0/s1. The summed E-state index contributed by atoms with van der Waals surface area (Å²) in [5, 5.41) is 3.55. The van der Waals surface area contributed by atoms with Gasteiger partial charge in [0.1, 0.15) is 5.75 Å². The summed E-state index contributed by atoms with van der Waals surface area (Å²) in [6, 6.07) is 8.27. The summed E-state index contributed by atoms with van der Waals surface area (Å²) in [7, 11) is -1.12. The minimum atomic E-state index is -2.68. The Morgan fingerprint density at radius 3 is 2.47 bits per heavy atom. The topological polar surface area (TPSA) is 55.7 Å². The molecule has 2 aromatic rings. The van der Waals surface area contributed by atoms with Gasteiger partial charge in [0.25, 0.3) is 5.91 Å². The van der Waals surface area contributed by atoms with Gasteiger partial charge in [-0.15, -0.1) is 0 Å². The molecule has 0 saturated heterocycles. The van der Waals surface area contributed by atoms with Gasteiger partial charge in [-0.3, -0.25) is 4.79 Å². The van der Waals surface area contributed by atoms with E-state index in [9.17, 15) is 9.00 Å². The van der Waals surface area contributed by atoms with Crippen molar-refractivity contribution in [3.05, 3.63) is 46.7 Å².